The minimum absolute atomic E-state index is 0.292. The second-order valence-electron chi connectivity index (χ2n) is 7.80. The molecule has 0 saturated carbocycles. The molecule has 0 aromatic heterocycles. The molecule has 0 saturated heterocycles. The molecular formula is C23H44N2O. The summed E-state index contributed by atoms with van der Waals surface area (Å²) in [6, 6.07) is 0.496. The van der Waals surface area contributed by atoms with Crippen LogP contribution in [0.1, 0.15) is 103 Å². The van der Waals surface area contributed by atoms with E-state index in [1.54, 1.807) is 0 Å². The molecule has 0 spiro atoms. The first-order valence-corrected chi connectivity index (χ1v) is 11.4. The van der Waals surface area contributed by atoms with E-state index in [0.29, 0.717) is 12.6 Å². The molecule has 0 radical (unpaired) electrons. The maximum atomic E-state index is 9.24. The van der Waals surface area contributed by atoms with Gasteiger partial charge in [-0.3, -0.25) is 4.99 Å². The van der Waals surface area contributed by atoms with Gasteiger partial charge in [0.2, 0.25) is 0 Å². The predicted octanol–water partition coefficient (Wildman–Crippen LogP) is 6.12. The molecule has 0 aromatic carbocycles. The SMILES string of the molecule is CCCCCCCC/C=C\CCCCCCCC(CCO)N1C=NCC1. The van der Waals surface area contributed by atoms with Crippen LogP contribution in [-0.4, -0.2) is 42.1 Å². The molecule has 1 heterocycles. The van der Waals surface area contributed by atoms with E-state index in [4.69, 9.17) is 0 Å². The quantitative estimate of drug-likeness (QED) is 0.235. The lowest BCUT2D eigenvalue weighted by Gasteiger charge is -2.26. The van der Waals surface area contributed by atoms with E-state index in [-0.39, 0.29) is 0 Å². The van der Waals surface area contributed by atoms with Gasteiger partial charge in [-0.1, -0.05) is 76.9 Å². The molecule has 152 valence electrons. The molecule has 1 unspecified atom stereocenters. The third-order valence-electron chi connectivity index (χ3n) is 5.45. The second kappa shape index (κ2) is 17.6. The zero-order valence-corrected chi connectivity index (χ0v) is 17.4. The summed E-state index contributed by atoms with van der Waals surface area (Å²) in [5, 5.41) is 9.24. The fourth-order valence-corrected chi connectivity index (χ4v) is 3.75. The molecule has 1 rings (SSSR count). The van der Waals surface area contributed by atoms with Crippen molar-refractivity contribution in [2.24, 2.45) is 4.99 Å². The summed E-state index contributed by atoms with van der Waals surface area (Å²) in [5.41, 5.74) is 0. The maximum absolute atomic E-state index is 9.24. The second-order valence-corrected chi connectivity index (χ2v) is 7.80. The van der Waals surface area contributed by atoms with E-state index in [2.05, 4.69) is 29.0 Å². The largest absolute Gasteiger partial charge is 0.396 e. The topological polar surface area (TPSA) is 35.8 Å². The van der Waals surface area contributed by atoms with Gasteiger partial charge in [-0.05, 0) is 38.5 Å². The normalized spacial score (nSPS) is 15.4. The number of allylic oxidation sites excluding steroid dienone is 2. The number of aliphatic hydroxyl groups is 1. The van der Waals surface area contributed by atoms with Crippen molar-refractivity contribution in [1.82, 2.24) is 4.90 Å². The molecule has 1 aliphatic heterocycles. The number of aliphatic hydroxyl groups excluding tert-OH is 1. The van der Waals surface area contributed by atoms with Crippen molar-refractivity contribution in [3.63, 3.8) is 0 Å². The molecule has 0 amide bonds. The van der Waals surface area contributed by atoms with Crippen molar-refractivity contribution in [2.45, 2.75) is 109 Å². The number of unbranched alkanes of at least 4 members (excludes halogenated alkanes) is 11. The Kier molecular flexibility index (Phi) is 15.7. The van der Waals surface area contributed by atoms with Crippen LogP contribution in [0.15, 0.2) is 17.1 Å². The summed E-state index contributed by atoms with van der Waals surface area (Å²) in [4.78, 5) is 6.63. The first-order valence-electron chi connectivity index (χ1n) is 11.4. The van der Waals surface area contributed by atoms with Gasteiger partial charge in [-0.25, -0.2) is 0 Å². The highest BCUT2D eigenvalue weighted by Crippen LogP contribution is 2.16. The van der Waals surface area contributed by atoms with Gasteiger partial charge in [0.1, 0.15) is 0 Å². The van der Waals surface area contributed by atoms with E-state index in [1.807, 2.05) is 6.34 Å². The summed E-state index contributed by atoms with van der Waals surface area (Å²) in [6.45, 7) is 4.53. The van der Waals surface area contributed by atoms with Crippen LogP contribution >= 0.6 is 0 Å². The number of aliphatic imine (C=N–C) groups is 1. The van der Waals surface area contributed by atoms with E-state index >= 15 is 0 Å². The summed E-state index contributed by atoms with van der Waals surface area (Å²) < 4.78 is 0. The monoisotopic (exact) mass is 364 g/mol. The van der Waals surface area contributed by atoms with Crippen LogP contribution in [0, 0.1) is 0 Å². The Hall–Kier alpha value is -0.830. The van der Waals surface area contributed by atoms with Crippen molar-refractivity contribution in [2.75, 3.05) is 19.7 Å². The van der Waals surface area contributed by atoms with Crippen molar-refractivity contribution in [3.05, 3.63) is 12.2 Å². The molecule has 1 N–H and O–H groups in total. The molecule has 26 heavy (non-hydrogen) atoms. The summed E-state index contributed by atoms with van der Waals surface area (Å²) in [6.07, 6.45) is 26.4. The van der Waals surface area contributed by atoms with Gasteiger partial charge in [-0.15, -0.1) is 0 Å². The Bertz CT molecular complexity index is 354. The van der Waals surface area contributed by atoms with Crippen LogP contribution in [0.5, 0.6) is 0 Å². The van der Waals surface area contributed by atoms with Gasteiger partial charge in [0.05, 0.1) is 12.9 Å². The van der Waals surface area contributed by atoms with Crippen LogP contribution in [0.3, 0.4) is 0 Å². The van der Waals surface area contributed by atoms with E-state index < -0.39 is 0 Å². The first kappa shape index (κ1) is 23.2. The lowest BCUT2D eigenvalue weighted by atomic mass is 10.0. The molecule has 3 heteroatoms. The Balaban J connectivity index is 1.86. The van der Waals surface area contributed by atoms with Gasteiger partial charge in [0, 0.05) is 19.2 Å². The van der Waals surface area contributed by atoms with Crippen molar-refractivity contribution >= 4 is 6.34 Å². The molecular weight excluding hydrogens is 320 g/mol. The highest BCUT2D eigenvalue weighted by molar-refractivity contribution is 5.57. The molecule has 0 fully saturated rings. The first-order chi connectivity index (χ1) is 12.9. The maximum Gasteiger partial charge on any atom is 0.0853 e. The van der Waals surface area contributed by atoms with E-state index in [1.165, 1.54) is 89.9 Å². The molecule has 0 bridgehead atoms. The number of hydrogen-bond donors (Lipinski definition) is 1. The zero-order valence-electron chi connectivity index (χ0n) is 17.4. The average Bonchev–Trinajstić information content (AvgIpc) is 3.18. The minimum atomic E-state index is 0.292. The molecule has 1 atom stereocenters. The van der Waals surface area contributed by atoms with Gasteiger partial charge in [0.25, 0.3) is 0 Å². The van der Waals surface area contributed by atoms with Crippen LogP contribution < -0.4 is 0 Å². The van der Waals surface area contributed by atoms with Crippen LogP contribution in [0.4, 0.5) is 0 Å². The predicted molar refractivity (Wildman–Crippen MR) is 115 cm³/mol. The fourth-order valence-electron chi connectivity index (χ4n) is 3.75. The lowest BCUT2D eigenvalue weighted by Crippen LogP contribution is -2.33. The van der Waals surface area contributed by atoms with E-state index in [0.717, 1.165) is 19.5 Å². The fraction of sp³-hybridized carbons (Fsp3) is 0.870. The van der Waals surface area contributed by atoms with Crippen LogP contribution in [0.25, 0.3) is 0 Å². The highest BCUT2D eigenvalue weighted by Gasteiger charge is 2.17. The molecule has 3 nitrogen and oxygen atoms in total. The minimum Gasteiger partial charge on any atom is -0.396 e. The Morgan fingerprint density at radius 1 is 0.885 bits per heavy atom. The standard InChI is InChI=1S/C23H44N2O/c1-2-3-4-5-6-7-8-9-10-11-12-13-14-15-16-17-23(18-21-26)25-20-19-24-22-25/h9-10,22-23,26H,2-8,11-21H2,1H3/b10-9-. The Labute approximate surface area is 163 Å². The number of rotatable bonds is 18. The zero-order chi connectivity index (χ0) is 18.7. The van der Waals surface area contributed by atoms with Crippen LogP contribution in [0.2, 0.25) is 0 Å². The number of hydrogen-bond acceptors (Lipinski definition) is 3. The molecule has 0 aliphatic carbocycles. The number of nitrogens with zero attached hydrogens (tertiary/aromatic N) is 2. The summed E-state index contributed by atoms with van der Waals surface area (Å²) >= 11 is 0. The van der Waals surface area contributed by atoms with Gasteiger partial charge in [-0.2, -0.15) is 0 Å². The third kappa shape index (κ3) is 12.5. The lowest BCUT2D eigenvalue weighted by molar-refractivity contribution is 0.219. The van der Waals surface area contributed by atoms with E-state index in [9.17, 15) is 5.11 Å². The summed E-state index contributed by atoms with van der Waals surface area (Å²) in [5.74, 6) is 0. The smallest absolute Gasteiger partial charge is 0.0853 e. The van der Waals surface area contributed by atoms with Crippen LogP contribution in [-0.2, 0) is 0 Å². The van der Waals surface area contributed by atoms with Crippen molar-refractivity contribution < 1.29 is 5.11 Å². The van der Waals surface area contributed by atoms with Crippen molar-refractivity contribution in [1.29, 1.82) is 0 Å². The Morgan fingerprint density at radius 3 is 2.08 bits per heavy atom. The highest BCUT2D eigenvalue weighted by atomic mass is 16.3. The van der Waals surface area contributed by atoms with Crippen molar-refractivity contribution in [3.8, 4) is 0 Å². The Morgan fingerprint density at radius 2 is 1.50 bits per heavy atom. The summed E-state index contributed by atoms with van der Waals surface area (Å²) in [7, 11) is 0. The third-order valence-corrected chi connectivity index (χ3v) is 5.45. The molecule has 0 aromatic rings. The molecule has 1 aliphatic rings. The van der Waals surface area contributed by atoms with Gasteiger partial charge >= 0.3 is 0 Å². The average molecular weight is 365 g/mol. The van der Waals surface area contributed by atoms with Gasteiger partial charge in [0.15, 0.2) is 0 Å². The van der Waals surface area contributed by atoms with Gasteiger partial charge < -0.3 is 10.0 Å².